The standard InChI is InChI=1S/C18H14FN5S/c19-12-6-4-11(5-7-12)18-24-16-13(2-1-3-15(16)25-18)23-17-14(10-20)21-8-9-22-17/h4-9,13H,1-3H2,(H,22,23). The van der Waals surface area contributed by atoms with Crippen molar-refractivity contribution in [1.29, 1.82) is 5.26 Å². The molecule has 3 aromatic rings. The van der Waals surface area contributed by atoms with Crippen molar-refractivity contribution in [2.45, 2.75) is 25.3 Å². The van der Waals surface area contributed by atoms with Gasteiger partial charge in [-0.25, -0.2) is 19.3 Å². The van der Waals surface area contributed by atoms with Crippen LogP contribution in [-0.2, 0) is 6.42 Å². The zero-order valence-corrected chi connectivity index (χ0v) is 14.1. The second kappa shape index (κ2) is 6.57. The van der Waals surface area contributed by atoms with Crippen LogP contribution in [-0.4, -0.2) is 15.0 Å². The molecule has 0 radical (unpaired) electrons. The second-order valence-corrected chi connectivity index (χ2v) is 6.87. The van der Waals surface area contributed by atoms with Crippen LogP contribution in [0.25, 0.3) is 10.6 Å². The number of anilines is 1. The Morgan fingerprint density at radius 3 is 2.80 bits per heavy atom. The first kappa shape index (κ1) is 15.7. The average Bonchev–Trinajstić information content (AvgIpc) is 3.08. The van der Waals surface area contributed by atoms with Gasteiger partial charge >= 0.3 is 0 Å². The van der Waals surface area contributed by atoms with E-state index in [9.17, 15) is 9.65 Å². The number of benzene rings is 1. The van der Waals surface area contributed by atoms with Crippen LogP contribution in [0.1, 0.15) is 35.1 Å². The van der Waals surface area contributed by atoms with Crippen molar-refractivity contribution in [3.05, 3.63) is 58.7 Å². The summed E-state index contributed by atoms with van der Waals surface area (Å²) < 4.78 is 13.1. The number of rotatable bonds is 3. The van der Waals surface area contributed by atoms with E-state index in [0.29, 0.717) is 5.82 Å². The lowest BCUT2D eigenvalue weighted by molar-refractivity contribution is 0.592. The third-order valence-electron chi connectivity index (χ3n) is 4.16. The zero-order valence-electron chi connectivity index (χ0n) is 13.2. The van der Waals surface area contributed by atoms with Crippen LogP contribution in [0.3, 0.4) is 0 Å². The fourth-order valence-electron chi connectivity index (χ4n) is 2.97. The van der Waals surface area contributed by atoms with Crippen LogP contribution >= 0.6 is 11.3 Å². The topological polar surface area (TPSA) is 74.5 Å². The van der Waals surface area contributed by atoms with Crippen molar-refractivity contribution in [3.8, 4) is 16.6 Å². The van der Waals surface area contributed by atoms with E-state index in [2.05, 4.69) is 21.4 Å². The van der Waals surface area contributed by atoms with Gasteiger partial charge in [0, 0.05) is 22.8 Å². The number of hydrogen-bond acceptors (Lipinski definition) is 6. The molecule has 0 fully saturated rings. The molecule has 124 valence electrons. The first-order valence-corrected chi connectivity index (χ1v) is 8.79. The fraction of sp³-hybridized carbons (Fsp3) is 0.222. The predicted octanol–water partition coefficient (Wildman–Crippen LogP) is 4.10. The molecular formula is C18H14FN5S. The van der Waals surface area contributed by atoms with E-state index in [-0.39, 0.29) is 17.6 Å². The first-order valence-electron chi connectivity index (χ1n) is 7.98. The number of hydrogen-bond donors (Lipinski definition) is 1. The smallest absolute Gasteiger partial charge is 0.182 e. The molecule has 0 spiro atoms. The van der Waals surface area contributed by atoms with Crippen LogP contribution in [0.4, 0.5) is 10.2 Å². The minimum atomic E-state index is -0.253. The first-order chi connectivity index (χ1) is 12.2. The summed E-state index contributed by atoms with van der Waals surface area (Å²) in [5, 5.41) is 13.4. The maximum Gasteiger partial charge on any atom is 0.182 e. The number of fused-ring (bicyclic) bond motifs is 1. The van der Waals surface area contributed by atoms with E-state index < -0.39 is 0 Å². The molecule has 4 rings (SSSR count). The van der Waals surface area contributed by atoms with Crippen LogP contribution in [0.2, 0.25) is 0 Å². The van der Waals surface area contributed by atoms with Crippen molar-refractivity contribution < 1.29 is 4.39 Å². The molecule has 1 unspecified atom stereocenters. The number of aromatic nitrogens is 3. The largest absolute Gasteiger partial charge is 0.359 e. The highest BCUT2D eigenvalue weighted by Crippen LogP contribution is 2.38. The highest BCUT2D eigenvalue weighted by atomic mass is 32.1. The van der Waals surface area contributed by atoms with E-state index >= 15 is 0 Å². The van der Waals surface area contributed by atoms with Gasteiger partial charge in [-0.05, 0) is 43.5 Å². The highest BCUT2D eigenvalue weighted by molar-refractivity contribution is 7.15. The molecule has 1 aromatic carbocycles. The van der Waals surface area contributed by atoms with E-state index in [1.54, 1.807) is 29.7 Å². The van der Waals surface area contributed by atoms with E-state index in [1.165, 1.54) is 23.2 Å². The van der Waals surface area contributed by atoms with Crippen LogP contribution in [0.15, 0.2) is 36.7 Å². The van der Waals surface area contributed by atoms with Gasteiger partial charge in [-0.3, -0.25) is 0 Å². The molecule has 7 heteroatoms. The minimum Gasteiger partial charge on any atom is -0.359 e. The maximum atomic E-state index is 13.1. The molecule has 5 nitrogen and oxygen atoms in total. The molecule has 1 aliphatic carbocycles. The number of aryl methyl sites for hydroxylation is 1. The summed E-state index contributed by atoms with van der Waals surface area (Å²) in [6, 6.07) is 8.45. The molecule has 2 heterocycles. The fourth-order valence-corrected chi connectivity index (χ4v) is 4.14. The predicted molar refractivity (Wildman–Crippen MR) is 93.6 cm³/mol. The number of halogens is 1. The summed E-state index contributed by atoms with van der Waals surface area (Å²) in [5.74, 6) is 0.232. The minimum absolute atomic E-state index is 0.00185. The van der Waals surface area contributed by atoms with Gasteiger partial charge in [-0.15, -0.1) is 11.3 Å². The van der Waals surface area contributed by atoms with Gasteiger partial charge in [0.25, 0.3) is 0 Å². The van der Waals surface area contributed by atoms with Crippen molar-refractivity contribution in [1.82, 2.24) is 15.0 Å². The van der Waals surface area contributed by atoms with E-state index in [0.717, 1.165) is 35.5 Å². The number of nitrogens with one attached hydrogen (secondary N) is 1. The summed E-state index contributed by atoms with van der Waals surface area (Å²) in [7, 11) is 0. The third-order valence-corrected chi connectivity index (χ3v) is 5.34. The molecule has 0 saturated heterocycles. The van der Waals surface area contributed by atoms with Gasteiger partial charge in [0.15, 0.2) is 11.5 Å². The summed E-state index contributed by atoms with van der Waals surface area (Å²) in [5.41, 5.74) is 2.19. The van der Waals surface area contributed by atoms with Gasteiger partial charge in [0.05, 0.1) is 11.7 Å². The van der Waals surface area contributed by atoms with Gasteiger partial charge < -0.3 is 5.32 Å². The third kappa shape index (κ3) is 3.08. The van der Waals surface area contributed by atoms with E-state index in [1.807, 2.05) is 0 Å². The lowest BCUT2D eigenvalue weighted by Gasteiger charge is -2.22. The molecule has 2 aromatic heterocycles. The molecule has 1 aliphatic rings. The van der Waals surface area contributed by atoms with Crippen LogP contribution in [0, 0.1) is 17.1 Å². The molecule has 0 saturated carbocycles. The second-order valence-electron chi connectivity index (χ2n) is 5.79. The highest BCUT2D eigenvalue weighted by Gasteiger charge is 2.26. The van der Waals surface area contributed by atoms with Crippen molar-refractivity contribution >= 4 is 17.2 Å². The Kier molecular flexibility index (Phi) is 4.12. The van der Waals surface area contributed by atoms with Gasteiger partial charge in [0.1, 0.15) is 16.9 Å². The SMILES string of the molecule is N#Cc1nccnc1NC1CCCc2sc(-c3ccc(F)cc3)nc21. The average molecular weight is 351 g/mol. The van der Waals surface area contributed by atoms with Gasteiger partial charge in [0.2, 0.25) is 0 Å². The Morgan fingerprint density at radius 1 is 1.20 bits per heavy atom. The molecule has 25 heavy (non-hydrogen) atoms. The quantitative estimate of drug-likeness (QED) is 0.769. The van der Waals surface area contributed by atoms with Gasteiger partial charge in [-0.2, -0.15) is 5.26 Å². The van der Waals surface area contributed by atoms with E-state index in [4.69, 9.17) is 4.98 Å². The summed E-state index contributed by atoms with van der Waals surface area (Å²) in [4.78, 5) is 14.3. The van der Waals surface area contributed by atoms with Crippen LogP contribution < -0.4 is 5.32 Å². The Balaban J connectivity index is 1.66. The zero-order chi connectivity index (χ0) is 17.2. The number of thiazole rings is 1. The Morgan fingerprint density at radius 2 is 2.00 bits per heavy atom. The molecule has 0 bridgehead atoms. The lowest BCUT2D eigenvalue weighted by Crippen LogP contribution is -2.18. The van der Waals surface area contributed by atoms with Crippen molar-refractivity contribution in [2.24, 2.45) is 0 Å². The van der Waals surface area contributed by atoms with Crippen molar-refractivity contribution in [3.63, 3.8) is 0 Å². The van der Waals surface area contributed by atoms with Crippen molar-refractivity contribution in [2.75, 3.05) is 5.32 Å². The Hall–Kier alpha value is -2.85. The lowest BCUT2D eigenvalue weighted by atomic mass is 9.97. The molecule has 0 amide bonds. The van der Waals surface area contributed by atoms with Crippen LogP contribution in [0.5, 0.6) is 0 Å². The molecule has 1 N–H and O–H groups in total. The Labute approximate surface area is 148 Å². The number of nitrogens with zero attached hydrogens (tertiary/aromatic N) is 4. The maximum absolute atomic E-state index is 13.1. The monoisotopic (exact) mass is 351 g/mol. The normalized spacial score (nSPS) is 16.1. The molecule has 1 atom stereocenters. The summed E-state index contributed by atoms with van der Waals surface area (Å²) in [6.45, 7) is 0. The van der Waals surface area contributed by atoms with Gasteiger partial charge in [-0.1, -0.05) is 0 Å². The Bertz CT molecular complexity index is 945. The summed E-state index contributed by atoms with van der Waals surface area (Å²) in [6.07, 6.45) is 6.01. The molecule has 0 aliphatic heterocycles. The molecular weight excluding hydrogens is 337 g/mol. The summed E-state index contributed by atoms with van der Waals surface area (Å²) >= 11 is 1.64. The number of nitriles is 1.